The average Bonchev–Trinajstić information content (AvgIpc) is 2.91. The zero-order valence-corrected chi connectivity index (χ0v) is 14.5. The first kappa shape index (κ1) is 15.1. The van der Waals surface area contributed by atoms with Gasteiger partial charge in [-0.3, -0.25) is 4.79 Å². The predicted octanol–water partition coefficient (Wildman–Crippen LogP) is 4.09. The summed E-state index contributed by atoms with van der Waals surface area (Å²) >= 11 is 13.7. The van der Waals surface area contributed by atoms with Gasteiger partial charge in [0, 0.05) is 14.9 Å². The Hall–Kier alpha value is -1.43. The molecule has 0 unspecified atom stereocenters. The van der Waals surface area contributed by atoms with Crippen molar-refractivity contribution in [2.75, 3.05) is 0 Å². The highest BCUT2D eigenvalue weighted by Crippen LogP contribution is 2.33. The van der Waals surface area contributed by atoms with Crippen LogP contribution in [0, 0.1) is 0 Å². The molecule has 0 amide bonds. The van der Waals surface area contributed by atoms with E-state index in [4.69, 9.17) is 23.2 Å². The number of rotatable bonds is 2. The van der Waals surface area contributed by atoms with Gasteiger partial charge in [0.25, 0.3) is 5.56 Å². The van der Waals surface area contributed by atoms with Crippen molar-refractivity contribution in [3.8, 4) is 0 Å². The fourth-order valence-electron chi connectivity index (χ4n) is 3.02. The molecule has 23 heavy (non-hydrogen) atoms. The molecule has 0 atom stereocenters. The largest absolute Gasteiger partial charge is 0.279 e. The summed E-state index contributed by atoms with van der Waals surface area (Å²) in [5, 5.41) is 10.2. The minimum Gasteiger partial charge on any atom is -0.267 e. The summed E-state index contributed by atoms with van der Waals surface area (Å²) in [7, 11) is 0. The zero-order chi connectivity index (χ0) is 16.0. The van der Waals surface area contributed by atoms with Gasteiger partial charge in [0.05, 0.1) is 11.9 Å². The van der Waals surface area contributed by atoms with Gasteiger partial charge >= 0.3 is 0 Å². The molecule has 2 heterocycles. The number of halogens is 2. The van der Waals surface area contributed by atoms with Gasteiger partial charge in [-0.1, -0.05) is 34.5 Å². The second-order valence-corrected chi connectivity index (χ2v) is 7.61. The van der Waals surface area contributed by atoms with Gasteiger partial charge in [-0.25, -0.2) is 4.68 Å². The molecule has 0 saturated carbocycles. The molecule has 2 aromatic heterocycles. The van der Waals surface area contributed by atoms with Crippen molar-refractivity contribution in [1.82, 2.24) is 15.0 Å². The summed E-state index contributed by atoms with van der Waals surface area (Å²) < 4.78 is 1.39. The number of fused-ring (bicyclic) bond motifs is 3. The van der Waals surface area contributed by atoms with Crippen molar-refractivity contribution >= 4 is 44.8 Å². The molecule has 0 aliphatic heterocycles. The van der Waals surface area contributed by atoms with Crippen molar-refractivity contribution in [2.24, 2.45) is 0 Å². The van der Waals surface area contributed by atoms with Crippen LogP contribution >= 0.6 is 34.5 Å². The molecule has 0 bridgehead atoms. The fourth-order valence-corrected chi connectivity index (χ4v) is 4.69. The number of hydrogen-bond acceptors (Lipinski definition) is 4. The second kappa shape index (κ2) is 5.89. The number of hydrogen-bond donors (Lipinski definition) is 0. The number of thiophene rings is 1. The van der Waals surface area contributed by atoms with Crippen molar-refractivity contribution in [2.45, 2.75) is 32.2 Å². The summed E-state index contributed by atoms with van der Waals surface area (Å²) in [6.45, 7) is 0.294. The van der Waals surface area contributed by atoms with Gasteiger partial charge in [-0.15, -0.1) is 16.4 Å². The number of aromatic nitrogens is 3. The van der Waals surface area contributed by atoms with E-state index in [0.717, 1.165) is 35.0 Å². The Balaban J connectivity index is 1.82. The average molecular weight is 366 g/mol. The normalized spacial score (nSPS) is 14.2. The van der Waals surface area contributed by atoms with E-state index in [9.17, 15) is 4.79 Å². The topological polar surface area (TPSA) is 47.8 Å². The first-order valence-electron chi connectivity index (χ1n) is 7.45. The standard InChI is InChI=1S/C16H13Cl2N3OS/c17-10-6-5-9(12(18)7-10)8-21-16(22)14-11-3-1-2-4-13(11)23-15(14)19-20-21/h5-7H,1-4,8H2. The van der Waals surface area contributed by atoms with Crippen LogP contribution in [0.5, 0.6) is 0 Å². The highest BCUT2D eigenvalue weighted by atomic mass is 35.5. The third-order valence-corrected chi connectivity index (χ3v) is 5.94. The predicted molar refractivity (Wildman–Crippen MR) is 93.9 cm³/mol. The minimum atomic E-state index is -0.0829. The molecule has 0 radical (unpaired) electrons. The quantitative estimate of drug-likeness (QED) is 0.687. The summed E-state index contributed by atoms with van der Waals surface area (Å²) in [4.78, 5) is 14.9. The van der Waals surface area contributed by atoms with Crippen molar-refractivity contribution < 1.29 is 0 Å². The Morgan fingerprint density at radius 2 is 2.04 bits per heavy atom. The highest BCUT2D eigenvalue weighted by molar-refractivity contribution is 7.18. The maximum Gasteiger partial charge on any atom is 0.279 e. The lowest BCUT2D eigenvalue weighted by molar-refractivity contribution is 0.601. The summed E-state index contributed by atoms with van der Waals surface area (Å²) in [6.07, 6.45) is 4.31. The van der Waals surface area contributed by atoms with E-state index in [2.05, 4.69) is 10.3 Å². The van der Waals surface area contributed by atoms with E-state index >= 15 is 0 Å². The number of benzene rings is 1. The smallest absolute Gasteiger partial charge is 0.267 e. The SMILES string of the molecule is O=c1c2c3c(sc2nnn1Cc1ccc(Cl)cc1Cl)CCCC3. The van der Waals surface area contributed by atoms with E-state index in [1.807, 2.05) is 6.07 Å². The molecular formula is C16H13Cl2N3OS. The number of nitrogens with zero attached hydrogens (tertiary/aromatic N) is 3. The molecule has 3 aromatic rings. The first-order chi connectivity index (χ1) is 11.1. The third-order valence-electron chi connectivity index (χ3n) is 4.18. The molecule has 118 valence electrons. The number of aryl methyl sites for hydroxylation is 2. The van der Waals surface area contributed by atoms with Crippen LogP contribution in [0.3, 0.4) is 0 Å². The van der Waals surface area contributed by atoms with Crippen molar-refractivity contribution in [3.05, 3.63) is 54.6 Å². The lowest BCUT2D eigenvalue weighted by Gasteiger charge is -2.10. The highest BCUT2D eigenvalue weighted by Gasteiger charge is 2.20. The maximum atomic E-state index is 12.8. The van der Waals surface area contributed by atoms with Crippen LogP contribution in [0.4, 0.5) is 0 Å². The first-order valence-corrected chi connectivity index (χ1v) is 9.02. The zero-order valence-electron chi connectivity index (χ0n) is 12.2. The molecule has 0 spiro atoms. The van der Waals surface area contributed by atoms with E-state index in [0.29, 0.717) is 16.6 Å². The van der Waals surface area contributed by atoms with Crippen LogP contribution < -0.4 is 5.56 Å². The van der Waals surface area contributed by atoms with Gasteiger partial charge in [-0.2, -0.15) is 0 Å². The van der Waals surface area contributed by atoms with Gasteiger partial charge in [-0.05, 0) is 48.9 Å². The van der Waals surface area contributed by atoms with Crippen LogP contribution in [-0.2, 0) is 19.4 Å². The monoisotopic (exact) mass is 365 g/mol. The molecular weight excluding hydrogens is 353 g/mol. The molecule has 4 nitrogen and oxygen atoms in total. The van der Waals surface area contributed by atoms with E-state index in [1.165, 1.54) is 21.5 Å². The maximum absolute atomic E-state index is 12.8. The van der Waals surface area contributed by atoms with Gasteiger partial charge in [0.2, 0.25) is 0 Å². The van der Waals surface area contributed by atoms with Gasteiger partial charge in [0.15, 0.2) is 4.83 Å². The Kier molecular flexibility index (Phi) is 3.87. The Morgan fingerprint density at radius 1 is 1.22 bits per heavy atom. The van der Waals surface area contributed by atoms with Crippen molar-refractivity contribution in [1.29, 1.82) is 0 Å². The Morgan fingerprint density at radius 3 is 2.87 bits per heavy atom. The summed E-state index contributed by atoms with van der Waals surface area (Å²) in [5.74, 6) is 0. The van der Waals surface area contributed by atoms with Crippen molar-refractivity contribution in [3.63, 3.8) is 0 Å². The van der Waals surface area contributed by atoms with Crippen LogP contribution in [0.1, 0.15) is 28.8 Å². The molecule has 4 rings (SSSR count). The lowest BCUT2D eigenvalue weighted by Crippen LogP contribution is -2.25. The fraction of sp³-hybridized carbons (Fsp3) is 0.312. The van der Waals surface area contributed by atoms with E-state index in [1.54, 1.807) is 23.5 Å². The van der Waals surface area contributed by atoms with E-state index in [-0.39, 0.29) is 5.56 Å². The Bertz CT molecular complexity index is 964. The van der Waals surface area contributed by atoms with Crippen LogP contribution in [0.25, 0.3) is 10.2 Å². The van der Waals surface area contributed by atoms with Gasteiger partial charge in [0.1, 0.15) is 0 Å². The van der Waals surface area contributed by atoms with Crippen LogP contribution in [0.15, 0.2) is 23.0 Å². The summed E-state index contributed by atoms with van der Waals surface area (Å²) in [6, 6.07) is 5.24. The molecule has 0 N–H and O–H groups in total. The van der Waals surface area contributed by atoms with Gasteiger partial charge < -0.3 is 0 Å². The molecule has 1 aliphatic rings. The van der Waals surface area contributed by atoms with E-state index < -0.39 is 0 Å². The molecule has 0 fully saturated rings. The molecule has 0 saturated heterocycles. The molecule has 1 aromatic carbocycles. The van der Waals surface area contributed by atoms with Crippen LogP contribution in [0.2, 0.25) is 10.0 Å². The van der Waals surface area contributed by atoms with Crippen LogP contribution in [-0.4, -0.2) is 15.0 Å². The Labute approximate surface area is 146 Å². The third kappa shape index (κ3) is 2.67. The molecule has 7 heteroatoms. The second-order valence-electron chi connectivity index (χ2n) is 5.68. The summed E-state index contributed by atoms with van der Waals surface area (Å²) in [5.41, 5.74) is 1.89. The minimum absolute atomic E-state index is 0.0829. The molecule has 1 aliphatic carbocycles. The lowest BCUT2D eigenvalue weighted by atomic mass is 9.97.